The number of aromatic nitrogens is 2. The van der Waals surface area contributed by atoms with Gasteiger partial charge in [-0.2, -0.15) is 5.26 Å². The highest BCUT2D eigenvalue weighted by Gasteiger charge is 2.36. The van der Waals surface area contributed by atoms with Crippen LogP contribution in [0.1, 0.15) is 5.56 Å². The highest BCUT2D eigenvalue weighted by atomic mass is 19.1. The van der Waals surface area contributed by atoms with Crippen LogP contribution in [0.15, 0.2) is 55.0 Å². The maximum atomic E-state index is 14.2. The fraction of sp³-hybridized carbons (Fsp3) is 0.250. The Balaban J connectivity index is 1.49. The number of morpholine rings is 1. The van der Waals surface area contributed by atoms with Gasteiger partial charge in [-0.25, -0.2) is 8.78 Å². The standard InChI is InChI=1S/C28H24F2N6O/c29-20-5-17(6-21(30)8-20)24-12-35-25-2-1-16(23-11-33-10-18(9-31)27(23)32)7-22(25)28(24)36-13-19(14-36)26-15-37-4-3-34-26/h1-2,5-8,10-12,19,26,34H,3-4,13-15H2,(H2,32,33). The molecule has 2 aromatic heterocycles. The van der Waals surface area contributed by atoms with E-state index >= 15 is 0 Å². The molecule has 1 unspecified atom stereocenters. The molecule has 4 aromatic rings. The number of nitrogens with two attached hydrogens (primary N) is 1. The minimum absolute atomic E-state index is 0.267. The molecule has 0 amide bonds. The van der Waals surface area contributed by atoms with E-state index in [2.05, 4.69) is 26.3 Å². The molecule has 37 heavy (non-hydrogen) atoms. The molecule has 0 bridgehead atoms. The van der Waals surface area contributed by atoms with Gasteiger partial charge in [0.15, 0.2) is 0 Å². The fourth-order valence-electron chi connectivity index (χ4n) is 5.24. The summed E-state index contributed by atoms with van der Waals surface area (Å²) in [6.07, 6.45) is 4.74. The molecular formula is C28H24F2N6O. The van der Waals surface area contributed by atoms with Gasteiger partial charge in [-0.1, -0.05) is 6.07 Å². The van der Waals surface area contributed by atoms with Crippen molar-refractivity contribution in [3.05, 3.63) is 72.2 Å². The molecule has 0 saturated carbocycles. The van der Waals surface area contributed by atoms with Crippen LogP contribution in [-0.4, -0.2) is 48.9 Å². The van der Waals surface area contributed by atoms with Crippen LogP contribution in [-0.2, 0) is 4.74 Å². The smallest absolute Gasteiger partial charge is 0.126 e. The molecule has 2 saturated heterocycles. The predicted molar refractivity (Wildman–Crippen MR) is 138 cm³/mol. The molecule has 3 N–H and O–H groups in total. The lowest BCUT2D eigenvalue weighted by Crippen LogP contribution is -2.59. The quantitative estimate of drug-likeness (QED) is 0.437. The average molecular weight is 499 g/mol. The third-order valence-corrected chi connectivity index (χ3v) is 7.18. The van der Waals surface area contributed by atoms with Gasteiger partial charge in [0.2, 0.25) is 0 Å². The Kier molecular flexibility index (Phi) is 5.91. The monoisotopic (exact) mass is 498 g/mol. The molecule has 2 aromatic carbocycles. The van der Waals surface area contributed by atoms with E-state index in [4.69, 9.17) is 10.5 Å². The number of nitriles is 1. The highest BCUT2D eigenvalue weighted by Crippen LogP contribution is 2.42. The van der Waals surface area contributed by atoms with Crippen LogP contribution in [0, 0.1) is 28.9 Å². The summed E-state index contributed by atoms with van der Waals surface area (Å²) in [4.78, 5) is 11.0. The second kappa shape index (κ2) is 9.39. The van der Waals surface area contributed by atoms with Crippen molar-refractivity contribution < 1.29 is 13.5 Å². The van der Waals surface area contributed by atoms with Crippen LogP contribution < -0.4 is 16.0 Å². The summed E-state index contributed by atoms with van der Waals surface area (Å²) in [5.74, 6) is -0.907. The largest absolute Gasteiger partial charge is 0.397 e. The molecule has 4 heterocycles. The van der Waals surface area contributed by atoms with Gasteiger partial charge in [-0.15, -0.1) is 0 Å². The predicted octanol–water partition coefficient (Wildman–Crippen LogP) is 4.12. The van der Waals surface area contributed by atoms with Crippen molar-refractivity contribution in [2.75, 3.05) is 43.5 Å². The first-order valence-electron chi connectivity index (χ1n) is 12.1. The Morgan fingerprint density at radius 3 is 2.57 bits per heavy atom. The second-order valence-corrected chi connectivity index (χ2v) is 9.47. The zero-order chi connectivity index (χ0) is 25.5. The third-order valence-electron chi connectivity index (χ3n) is 7.18. The number of halogens is 2. The number of benzene rings is 2. The number of fused-ring (bicyclic) bond motifs is 1. The van der Waals surface area contributed by atoms with Crippen molar-refractivity contribution in [3.8, 4) is 28.3 Å². The number of nitrogen functional groups attached to an aromatic ring is 1. The van der Waals surface area contributed by atoms with Crippen LogP contribution in [0.5, 0.6) is 0 Å². The topological polar surface area (TPSA) is 100 Å². The van der Waals surface area contributed by atoms with Crippen LogP contribution in [0.3, 0.4) is 0 Å². The molecule has 0 aliphatic carbocycles. The Morgan fingerprint density at radius 2 is 1.84 bits per heavy atom. The van der Waals surface area contributed by atoms with Crippen LogP contribution in [0.2, 0.25) is 0 Å². The van der Waals surface area contributed by atoms with E-state index in [9.17, 15) is 14.0 Å². The van der Waals surface area contributed by atoms with Gasteiger partial charge in [0.25, 0.3) is 0 Å². The normalized spacial score (nSPS) is 18.0. The number of ether oxygens (including phenoxy) is 1. The molecule has 2 aliphatic rings. The molecule has 0 radical (unpaired) electrons. The number of hydrogen-bond donors (Lipinski definition) is 2. The summed E-state index contributed by atoms with van der Waals surface area (Å²) in [7, 11) is 0. The molecular weight excluding hydrogens is 474 g/mol. The number of pyridine rings is 2. The number of rotatable bonds is 4. The van der Waals surface area contributed by atoms with Gasteiger partial charge in [-0.05, 0) is 35.4 Å². The summed E-state index contributed by atoms with van der Waals surface area (Å²) in [5, 5.41) is 13.8. The molecule has 0 spiro atoms. The lowest BCUT2D eigenvalue weighted by molar-refractivity contribution is 0.0509. The van der Waals surface area contributed by atoms with E-state index in [1.807, 2.05) is 18.2 Å². The van der Waals surface area contributed by atoms with Crippen molar-refractivity contribution in [2.45, 2.75) is 6.04 Å². The van der Waals surface area contributed by atoms with E-state index < -0.39 is 11.6 Å². The first-order valence-corrected chi connectivity index (χ1v) is 12.1. The molecule has 2 fully saturated rings. The van der Waals surface area contributed by atoms with Crippen molar-refractivity contribution in [1.82, 2.24) is 15.3 Å². The van der Waals surface area contributed by atoms with E-state index in [-0.39, 0.29) is 6.04 Å². The Labute approximate surface area is 212 Å². The zero-order valence-electron chi connectivity index (χ0n) is 19.9. The minimum Gasteiger partial charge on any atom is -0.397 e. The summed E-state index contributed by atoms with van der Waals surface area (Å²) in [5.41, 5.74) is 11.0. The van der Waals surface area contributed by atoms with E-state index in [1.165, 1.54) is 18.3 Å². The zero-order valence-corrected chi connectivity index (χ0v) is 19.9. The first-order chi connectivity index (χ1) is 18.0. The summed E-state index contributed by atoms with van der Waals surface area (Å²) < 4.78 is 34.1. The van der Waals surface area contributed by atoms with Gasteiger partial charge < -0.3 is 20.7 Å². The SMILES string of the molecule is N#Cc1cncc(-c2ccc3ncc(-c4cc(F)cc(F)c4)c(N4CC(C5COCCN5)C4)c3c2)c1N. The first kappa shape index (κ1) is 23.3. The van der Waals surface area contributed by atoms with Gasteiger partial charge in [0, 0.05) is 72.8 Å². The van der Waals surface area contributed by atoms with Crippen molar-refractivity contribution in [3.63, 3.8) is 0 Å². The molecule has 2 aliphatic heterocycles. The lowest BCUT2D eigenvalue weighted by Gasteiger charge is -2.47. The van der Waals surface area contributed by atoms with Crippen molar-refractivity contribution in [2.24, 2.45) is 5.92 Å². The molecule has 1 atom stereocenters. The number of hydrogen-bond acceptors (Lipinski definition) is 7. The second-order valence-electron chi connectivity index (χ2n) is 9.47. The minimum atomic E-state index is -0.646. The van der Waals surface area contributed by atoms with E-state index in [0.717, 1.165) is 47.9 Å². The number of nitrogens with zero attached hydrogens (tertiary/aromatic N) is 4. The third kappa shape index (κ3) is 4.24. The number of nitrogens with one attached hydrogen (secondary N) is 1. The molecule has 9 heteroatoms. The van der Waals surface area contributed by atoms with Crippen LogP contribution >= 0.6 is 0 Å². The van der Waals surface area contributed by atoms with Crippen LogP contribution in [0.25, 0.3) is 33.2 Å². The van der Waals surface area contributed by atoms with Gasteiger partial charge in [0.05, 0.1) is 35.7 Å². The Bertz CT molecular complexity index is 1520. The van der Waals surface area contributed by atoms with E-state index in [1.54, 1.807) is 12.4 Å². The Hall–Kier alpha value is -4.13. The lowest BCUT2D eigenvalue weighted by atomic mass is 9.88. The summed E-state index contributed by atoms with van der Waals surface area (Å²) in [6, 6.07) is 11.6. The van der Waals surface area contributed by atoms with Crippen molar-refractivity contribution in [1.29, 1.82) is 5.26 Å². The van der Waals surface area contributed by atoms with Gasteiger partial charge in [-0.3, -0.25) is 9.97 Å². The summed E-state index contributed by atoms with van der Waals surface area (Å²) >= 11 is 0. The van der Waals surface area contributed by atoms with Crippen LogP contribution in [0.4, 0.5) is 20.2 Å². The number of anilines is 2. The van der Waals surface area contributed by atoms with Crippen molar-refractivity contribution >= 4 is 22.3 Å². The highest BCUT2D eigenvalue weighted by molar-refractivity contribution is 6.02. The maximum absolute atomic E-state index is 14.2. The van der Waals surface area contributed by atoms with Gasteiger partial charge in [0.1, 0.15) is 17.7 Å². The van der Waals surface area contributed by atoms with Gasteiger partial charge >= 0.3 is 0 Å². The van der Waals surface area contributed by atoms with E-state index in [0.29, 0.717) is 47.1 Å². The summed E-state index contributed by atoms with van der Waals surface area (Å²) in [6.45, 7) is 3.74. The maximum Gasteiger partial charge on any atom is 0.126 e. The average Bonchev–Trinajstić information content (AvgIpc) is 2.88. The molecule has 186 valence electrons. The molecule has 7 nitrogen and oxygen atoms in total. The fourth-order valence-corrected chi connectivity index (χ4v) is 5.24. The Morgan fingerprint density at radius 1 is 1.03 bits per heavy atom. The molecule has 6 rings (SSSR count).